The second kappa shape index (κ2) is 6.74. The second-order valence-electron chi connectivity index (χ2n) is 6.13. The predicted octanol–water partition coefficient (Wildman–Crippen LogP) is 1.80. The number of anilines is 1. The standard InChI is InChI=1S/C19H21N4/c1-22-20-17(15-9-3-4-10-15)19(23-13-7-2-8-14-23)18(21-22)16-11-5-6-12-16/h3-6,9-12H,2,7-8,13-14H2,1H3/q+1. The quantitative estimate of drug-likeness (QED) is 0.798. The van der Waals surface area contributed by atoms with Crippen LogP contribution in [0.2, 0.25) is 0 Å². The lowest BCUT2D eigenvalue weighted by atomic mass is 9.94. The number of piperidine rings is 1. The maximum absolute atomic E-state index is 4.73. The summed E-state index contributed by atoms with van der Waals surface area (Å²) >= 11 is 0. The molecule has 1 aliphatic heterocycles. The Bertz CT molecular complexity index is 501. The number of aromatic nitrogens is 3. The fraction of sp³-hybridized carbons (Fsp3) is 0.316. The highest BCUT2D eigenvalue weighted by Gasteiger charge is 2.35. The summed E-state index contributed by atoms with van der Waals surface area (Å²) < 4.78 is 0. The van der Waals surface area contributed by atoms with Crippen LogP contribution in [-0.4, -0.2) is 23.3 Å². The van der Waals surface area contributed by atoms with E-state index < -0.39 is 0 Å². The van der Waals surface area contributed by atoms with Crippen LogP contribution in [0.3, 0.4) is 0 Å². The highest BCUT2D eigenvalue weighted by molar-refractivity contribution is 5.69. The van der Waals surface area contributed by atoms with Gasteiger partial charge in [-0.3, -0.25) is 0 Å². The largest absolute Gasteiger partial charge is 0.368 e. The van der Waals surface area contributed by atoms with Gasteiger partial charge in [0.05, 0.1) is 5.69 Å². The summed E-state index contributed by atoms with van der Waals surface area (Å²) in [6.07, 6.45) is 20.6. The zero-order valence-corrected chi connectivity index (χ0v) is 13.4. The lowest BCUT2D eigenvalue weighted by Gasteiger charge is -2.32. The molecule has 3 fully saturated rings. The molecule has 2 saturated carbocycles. The monoisotopic (exact) mass is 305 g/mol. The number of nitrogens with zero attached hydrogens (tertiary/aromatic N) is 4. The molecule has 0 atom stereocenters. The summed E-state index contributed by atoms with van der Waals surface area (Å²) in [4.78, 5) is 4.16. The smallest absolute Gasteiger partial charge is 0.193 e. The Hall–Kier alpha value is -1.19. The summed E-state index contributed by atoms with van der Waals surface area (Å²) in [5, 5.41) is 9.45. The van der Waals surface area contributed by atoms with Crippen molar-refractivity contribution in [2.75, 3.05) is 18.0 Å². The molecule has 0 aromatic carbocycles. The number of hydrogen-bond acceptors (Lipinski definition) is 3. The van der Waals surface area contributed by atoms with E-state index in [1.54, 1.807) is 4.80 Å². The van der Waals surface area contributed by atoms with E-state index >= 15 is 0 Å². The summed E-state index contributed by atoms with van der Waals surface area (Å²) in [5.41, 5.74) is 3.25. The maximum Gasteiger partial charge on any atom is 0.193 e. The summed E-state index contributed by atoms with van der Waals surface area (Å²) in [6, 6.07) is 0. The molecule has 10 radical (unpaired) electrons. The Morgan fingerprint density at radius 2 is 1.26 bits per heavy atom. The normalized spacial score (nSPS) is 23.8. The summed E-state index contributed by atoms with van der Waals surface area (Å²) in [7, 11) is 1.90. The highest BCUT2D eigenvalue weighted by Crippen LogP contribution is 2.41. The van der Waals surface area contributed by atoms with Crippen LogP contribution in [0.1, 0.15) is 30.7 Å². The predicted molar refractivity (Wildman–Crippen MR) is 88.4 cm³/mol. The maximum atomic E-state index is 4.73. The number of rotatable bonds is 3. The fourth-order valence-corrected chi connectivity index (χ4v) is 3.39. The van der Waals surface area contributed by atoms with Crippen LogP contribution in [0, 0.1) is 63.2 Å². The first kappa shape index (κ1) is 15.3. The van der Waals surface area contributed by atoms with E-state index in [1.807, 2.05) is 7.05 Å². The van der Waals surface area contributed by atoms with Crippen LogP contribution in [-0.2, 0) is 7.05 Å². The average Bonchev–Trinajstić information content (AvgIpc) is 3.28. The molecule has 2 aliphatic carbocycles. The number of hydrogen-bond donors (Lipinski definition) is 0. The van der Waals surface area contributed by atoms with Crippen LogP contribution in [0.15, 0.2) is 0 Å². The third-order valence-corrected chi connectivity index (χ3v) is 4.48. The molecular formula is C19H21N4+. The Morgan fingerprint density at radius 3 is 1.74 bits per heavy atom. The fourth-order valence-electron chi connectivity index (χ4n) is 3.39. The topological polar surface area (TPSA) is 32.9 Å². The molecule has 1 aromatic rings. The minimum absolute atomic E-state index is 1.03. The van der Waals surface area contributed by atoms with Gasteiger partial charge in [-0.2, -0.15) is 0 Å². The molecule has 4 nitrogen and oxygen atoms in total. The summed E-state index contributed by atoms with van der Waals surface area (Å²) in [6.45, 7) is 2.16. The van der Waals surface area contributed by atoms with Crippen molar-refractivity contribution in [2.45, 2.75) is 19.3 Å². The van der Waals surface area contributed by atoms with E-state index in [-0.39, 0.29) is 0 Å². The Labute approximate surface area is 140 Å². The zero-order valence-electron chi connectivity index (χ0n) is 13.4. The molecule has 4 heteroatoms. The molecular weight excluding hydrogens is 284 g/mol. The molecule has 0 N–H and O–H groups in total. The van der Waals surface area contributed by atoms with Gasteiger partial charge in [-0.25, -0.2) is 0 Å². The second-order valence-corrected chi connectivity index (χ2v) is 6.13. The van der Waals surface area contributed by atoms with Crippen LogP contribution >= 0.6 is 0 Å². The molecule has 1 aromatic heterocycles. The van der Waals surface area contributed by atoms with E-state index in [2.05, 4.69) is 56.3 Å². The molecule has 116 valence electrons. The van der Waals surface area contributed by atoms with Crippen LogP contribution < -0.4 is 9.70 Å². The Kier molecular flexibility index (Phi) is 4.50. The zero-order chi connectivity index (χ0) is 15.6. The van der Waals surface area contributed by atoms with Gasteiger partial charge in [0, 0.05) is 39.9 Å². The minimum atomic E-state index is 1.03. The molecule has 4 rings (SSSR count). The van der Waals surface area contributed by atoms with E-state index in [0.29, 0.717) is 0 Å². The van der Waals surface area contributed by atoms with Crippen molar-refractivity contribution in [2.24, 2.45) is 7.05 Å². The lowest BCUT2D eigenvalue weighted by Crippen LogP contribution is -2.43. The van der Waals surface area contributed by atoms with Crippen molar-refractivity contribution >= 4 is 5.69 Å². The van der Waals surface area contributed by atoms with Crippen molar-refractivity contribution in [1.82, 2.24) is 10.2 Å². The van der Waals surface area contributed by atoms with Crippen LogP contribution in [0.5, 0.6) is 0 Å². The van der Waals surface area contributed by atoms with E-state index in [1.165, 1.54) is 24.9 Å². The first-order chi connectivity index (χ1) is 11.3. The van der Waals surface area contributed by atoms with Gasteiger partial charge < -0.3 is 4.90 Å². The van der Waals surface area contributed by atoms with Crippen molar-refractivity contribution in [3.05, 3.63) is 74.6 Å². The molecule has 0 spiro atoms. The van der Waals surface area contributed by atoms with Crippen molar-refractivity contribution in [3.63, 3.8) is 0 Å². The van der Waals surface area contributed by atoms with Crippen molar-refractivity contribution in [1.29, 1.82) is 0 Å². The Balaban J connectivity index is 1.78. The minimum Gasteiger partial charge on any atom is -0.368 e. The van der Waals surface area contributed by atoms with Gasteiger partial charge in [0.25, 0.3) is 0 Å². The molecule has 23 heavy (non-hydrogen) atoms. The van der Waals surface area contributed by atoms with Gasteiger partial charge in [-0.05, 0) is 70.6 Å². The molecule has 0 unspecified atom stereocenters. The van der Waals surface area contributed by atoms with Gasteiger partial charge in [-0.15, -0.1) is 0 Å². The highest BCUT2D eigenvalue weighted by atomic mass is 15.4. The number of aryl methyl sites for hydroxylation is 1. The summed E-state index contributed by atoms with van der Waals surface area (Å²) in [5.74, 6) is 2.33. The van der Waals surface area contributed by atoms with E-state index in [0.717, 1.165) is 36.3 Å². The molecule has 2 heterocycles. The lowest BCUT2D eigenvalue weighted by molar-refractivity contribution is -0.787. The Morgan fingerprint density at radius 1 is 0.783 bits per heavy atom. The van der Waals surface area contributed by atoms with E-state index in [4.69, 9.17) is 10.2 Å². The third kappa shape index (κ3) is 3.09. The van der Waals surface area contributed by atoms with Gasteiger partial charge in [0.2, 0.25) is 0 Å². The van der Waals surface area contributed by atoms with Crippen LogP contribution in [0.4, 0.5) is 5.69 Å². The molecule has 0 bridgehead atoms. The molecule has 3 aliphatic rings. The van der Waals surface area contributed by atoms with Crippen molar-refractivity contribution < 1.29 is 4.80 Å². The van der Waals surface area contributed by atoms with E-state index in [9.17, 15) is 0 Å². The first-order valence-electron chi connectivity index (χ1n) is 8.31. The van der Waals surface area contributed by atoms with Gasteiger partial charge >= 0.3 is 0 Å². The van der Waals surface area contributed by atoms with Gasteiger partial charge in [-0.1, -0.05) is 0 Å². The van der Waals surface area contributed by atoms with Gasteiger partial charge in [0.15, 0.2) is 7.05 Å². The molecule has 0 amide bonds. The average molecular weight is 305 g/mol. The molecule has 1 saturated heterocycles. The van der Waals surface area contributed by atoms with Crippen molar-refractivity contribution in [3.8, 4) is 0 Å². The van der Waals surface area contributed by atoms with Crippen LogP contribution in [0.25, 0.3) is 0 Å². The third-order valence-electron chi connectivity index (χ3n) is 4.48. The SMILES string of the molecule is C[n+]1nc([C]2[CH][CH][CH][CH]2)c(N2CCCCC2)c([C]2[CH][CH][CH][CH]2)n1. The van der Waals surface area contributed by atoms with Gasteiger partial charge in [0.1, 0.15) is 11.4 Å². The first-order valence-corrected chi connectivity index (χ1v) is 8.31.